The third kappa shape index (κ3) is 5.40. The van der Waals surface area contributed by atoms with Crippen molar-refractivity contribution in [2.24, 2.45) is 11.8 Å². The summed E-state index contributed by atoms with van der Waals surface area (Å²) in [5.41, 5.74) is 4.17. The van der Waals surface area contributed by atoms with Gasteiger partial charge in [-0.3, -0.25) is 19.3 Å². The zero-order valence-electron chi connectivity index (χ0n) is 24.0. The highest BCUT2D eigenvalue weighted by Crippen LogP contribution is 2.40. The Hall–Kier alpha value is -4.17. The van der Waals surface area contributed by atoms with Crippen molar-refractivity contribution in [1.29, 1.82) is 0 Å². The Balaban J connectivity index is 1.35. The maximum absolute atomic E-state index is 13.6. The monoisotopic (exact) mass is 638 g/mol. The Kier molecular flexibility index (Phi) is 7.97. The van der Waals surface area contributed by atoms with Crippen LogP contribution < -0.4 is 4.90 Å². The number of carbonyl (C=O) groups excluding carboxylic acids is 4. The molecule has 6 rings (SSSR count). The van der Waals surface area contributed by atoms with Crippen LogP contribution in [-0.4, -0.2) is 34.7 Å². The molecule has 218 valence electrons. The van der Waals surface area contributed by atoms with Gasteiger partial charge in [0.25, 0.3) is 0 Å². The first-order valence-corrected chi connectivity index (χ1v) is 15.5. The summed E-state index contributed by atoms with van der Waals surface area (Å²) in [5.74, 6) is -1.59. The molecule has 2 amide bonds. The van der Waals surface area contributed by atoms with Crippen molar-refractivity contribution >= 4 is 56.1 Å². The van der Waals surface area contributed by atoms with Crippen LogP contribution in [-0.2, 0) is 20.7 Å². The van der Waals surface area contributed by atoms with Crippen LogP contribution in [0.25, 0.3) is 22.2 Å². The molecule has 4 aromatic rings. The number of halogens is 1. The third-order valence-corrected chi connectivity index (χ3v) is 8.99. The molecule has 1 saturated heterocycles. The smallest absolute Gasteiger partial charge is 0.339 e. The van der Waals surface area contributed by atoms with Crippen molar-refractivity contribution in [2.75, 3.05) is 4.90 Å². The van der Waals surface area contributed by atoms with Gasteiger partial charge in [-0.05, 0) is 62.1 Å². The fourth-order valence-corrected chi connectivity index (χ4v) is 6.76. The number of hydrogen-bond acceptors (Lipinski definition) is 6. The van der Waals surface area contributed by atoms with Gasteiger partial charge in [0.2, 0.25) is 17.6 Å². The van der Waals surface area contributed by atoms with Crippen LogP contribution in [0.1, 0.15) is 65.8 Å². The van der Waals surface area contributed by atoms with Gasteiger partial charge in [0.15, 0.2) is 6.10 Å². The van der Waals surface area contributed by atoms with Crippen LogP contribution >= 0.6 is 15.9 Å². The fourth-order valence-electron chi connectivity index (χ4n) is 6.26. The number of rotatable bonds is 7. The summed E-state index contributed by atoms with van der Waals surface area (Å²) >= 11 is 3.55. The van der Waals surface area contributed by atoms with Gasteiger partial charge in [0, 0.05) is 21.0 Å². The topological polar surface area (TPSA) is 93.6 Å². The average Bonchev–Trinajstić information content (AvgIpc) is 3.29. The van der Waals surface area contributed by atoms with E-state index in [-0.39, 0.29) is 29.4 Å². The lowest BCUT2D eigenvalue weighted by Gasteiger charge is -2.19. The lowest BCUT2D eigenvalue weighted by atomic mass is 9.81. The molecule has 7 nitrogen and oxygen atoms in total. The summed E-state index contributed by atoms with van der Waals surface area (Å²) in [6.07, 6.45) is 3.16. The maximum atomic E-state index is 13.6. The maximum Gasteiger partial charge on any atom is 0.339 e. The number of nitrogens with zero attached hydrogens (tertiary/aromatic N) is 2. The number of hydrogen-bond donors (Lipinski definition) is 0. The summed E-state index contributed by atoms with van der Waals surface area (Å²) in [5, 5.41) is 0.617. The molecule has 0 radical (unpaired) electrons. The second-order valence-electron chi connectivity index (χ2n) is 11.2. The number of ketones is 1. The third-order valence-electron chi connectivity index (χ3n) is 8.53. The highest BCUT2D eigenvalue weighted by Gasteiger charge is 2.48. The first kappa shape index (κ1) is 28.9. The van der Waals surface area contributed by atoms with E-state index in [9.17, 15) is 19.2 Å². The highest BCUT2D eigenvalue weighted by molar-refractivity contribution is 9.10. The molecule has 0 N–H and O–H groups in total. The fraction of sp³-hybridized carbons (Fsp3) is 0.286. The second kappa shape index (κ2) is 11.8. The van der Waals surface area contributed by atoms with E-state index in [1.165, 1.54) is 4.90 Å². The van der Waals surface area contributed by atoms with Gasteiger partial charge in [-0.15, -0.1) is 0 Å². The SMILES string of the molecule is CCc1cc(Br)cc2c(C(=O)OC(C)C(=O)c3ccccc3)cc(-c3ccc(N4C(=O)C5CCCCC5C4=O)cc3)nc12. The second-order valence-corrected chi connectivity index (χ2v) is 12.1. The Labute approximate surface area is 258 Å². The van der Waals surface area contributed by atoms with E-state index in [2.05, 4.69) is 15.9 Å². The zero-order chi connectivity index (χ0) is 30.2. The molecule has 1 aliphatic heterocycles. The molecular weight excluding hydrogens is 608 g/mol. The molecule has 3 unspecified atom stereocenters. The Morgan fingerprint density at radius 3 is 2.23 bits per heavy atom. The molecule has 3 atom stereocenters. The standard InChI is InChI=1S/C35H31BrN2O5/c1-3-21-17-24(36)18-28-29(35(42)43-20(2)32(39)23-9-5-4-6-10-23)19-30(37-31(21)28)22-13-15-25(16-14-22)38-33(40)26-11-7-8-12-27(26)34(38)41/h4-6,9-10,13-20,26-27H,3,7-8,11-12H2,1-2H3. The van der Waals surface area contributed by atoms with Crippen molar-refractivity contribution in [3.05, 3.63) is 94.0 Å². The van der Waals surface area contributed by atoms with E-state index in [0.29, 0.717) is 39.8 Å². The minimum atomic E-state index is -0.988. The first-order chi connectivity index (χ1) is 20.8. The van der Waals surface area contributed by atoms with Crippen molar-refractivity contribution in [3.63, 3.8) is 0 Å². The lowest BCUT2D eigenvalue weighted by Crippen LogP contribution is -2.30. The summed E-state index contributed by atoms with van der Waals surface area (Å²) in [6.45, 7) is 3.59. The molecule has 43 heavy (non-hydrogen) atoms. The predicted molar refractivity (Wildman–Crippen MR) is 168 cm³/mol. The molecule has 1 saturated carbocycles. The summed E-state index contributed by atoms with van der Waals surface area (Å²) < 4.78 is 6.51. The zero-order valence-corrected chi connectivity index (χ0v) is 25.6. The van der Waals surface area contributed by atoms with Crippen molar-refractivity contribution < 1.29 is 23.9 Å². The number of anilines is 1. The molecule has 1 aromatic heterocycles. The van der Waals surface area contributed by atoms with E-state index in [1.807, 2.05) is 37.3 Å². The van der Waals surface area contributed by atoms with Crippen molar-refractivity contribution in [1.82, 2.24) is 4.98 Å². The number of amides is 2. The Bertz CT molecular complexity index is 1730. The average molecular weight is 640 g/mol. The summed E-state index contributed by atoms with van der Waals surface area (Å²) in [4.78, 5) is 59.0. The number of Topliss-reactive ketones (excluding diaryl/α,β-unsaturated/α-hetero) is 1. The van der Waals surface area contributed by atoms with Gasteiger partial charge in [-0.2, -0.15) is 0 Å². The first-order valence-electron chi connectivity index (χ1n) is 14.7. The number of ether oxygens (including phenoxy) is 1. The van der Waals surface area contributed by atoms with Crippen molar-refractivity contribution in [3.8, 4) is 11.3 Å². The molecule has 0 bridgehead atoms. The van der Waals surface area contributed by atoms with Crippen LogP contribution in [0, 0.1) is 11.8 Å². The normalized spacial score (nSPS) is 18.9. The number of imide groups is 1. The Morgan fingerprint density at radius 2 is 1.60 bits per heavy atom. The minimum Gasteiger partial charge on any atom is -0.451 e. The number of esters is 1. The van der Waals surface area contributed by atoms with E-state index in [4.69, 9.17) is 9.72 Å². The molecule has 2 heterocycles. The number of aromatic nitrogens is 1. The lowest BCUT2D eigenvalue weighted by molar-refractivity contribution is -0.122. The summed E-state index contributed by atoms with van der Waals surface area (Å²) in [7, 11) is 0. The van der Waals surface area contributed by atoms with E-state index in [1.54, 1.807) is 49.4 Å². The molecule has 3 aromatic carbocycles. The number of fused-ring (bicyclic) bond motifs is 2. The quantitative estimate of drug-likeness (QED) is 0.119. The van der Waals surface area contributed by atoms with Gasteiger partial charge < -0.3 is 4.74 Å². The van der Waals surface area contributed by atoms with E-state index >= 15 is 0 Å². The molecule has 2 aliphatic rings. The summed E-state index contributed by atoms with van der Waals surface area (Å²) in [6, 6.07) is 21.4. The molecule has 1 aliphatic carbocycles. The van der Waals surface area contributed by atoms with E-state index in [0.717, 1.165) is 41.3 Å². The molecule has 0 spiro atoms. The number of carbonyl (C=O) groups is 4. The molecular formula is C35H31BrN2O5. The van der Waals surface area contributed by atoms with Crippen LogP contribution in [0.3, 0.4) is 0 Å². The van der Waals surface area contributed by atoms with Gasteiger partial charge in [-0.1, -0.05) is 78.2 Å². The van der Waals surface area contributed by atoms with Crippen LogP contribution in [0.5, 0.6) is 0 Å². The van der Waals surface area contributed by atoms with Crippen LogP contribution in [0.2, 0.25) is 0 Å². The van der Waals surface area contributed by atoms with E-state index < -0.39 is 12.1 Å². The van der Waals surface area contributed by atoms with Gasteiger partial charge in [0.1, 0.15) is 0 Å². The minimum absolute atomic E-state index is 0.117. The predicted octanol–water partition coefficient (Wildman–Crippen LogP) is 7.33. The number of aryl methyl sites for hydroxylation is 1. The Morgan fingerprint density at radius 1 is 0.953 bits per heavy atom. The van der Waals surface area contributed by atoms with Crippen LogP contribution in [0.15, 0.2) is 77.3 Å². The number of pyridine rings is 1. The van der Waals surface area contributed by atoms with Gasteiger partial charge >= 0.3 is 5.97 Å². The molecule has 8 heteroatoms. The van der Waals surface area contributed by atoms with Gasteiger partial charge in [-0.25, -0.2) is 9.78 Å². The highest BCUT2D eigenvalue weighted by atomic mass is 79.9. The van der Waals surface area contributed by atoms with Gasteiger partial charge in [0.05, 0.1) is 34.3 Å². The number of benzene rings is 3. The largest absolute Gasteiger partial charge is 0.451 e. The molecule has 2 fully saturated rings. The van der Waals surface area contributed by atoms with Crippen molar-refractivity contribution in [2.45, 2.75) is 52.1 Å². The van der Waals surface area contributed by atoms with Crippen LogP contribution in [0.4, 0.5) is 5.69 Å².